The van der Waals surface area contributed by atoms with E-state index >= 15 is 0 Å². The van der Waals surface area contributed by atoms with Gasteiger partial charge in [0.25, 0.3) is 0 Å². The summed E-state index contributed by atoms with van der Waals surface area (Å²) in [6, 6.07) is 8.51. The van der Waals surface area contributed by atoms with Gasteiger partial charge < -0.3 is 20.0 Å². The molecule has 1 saturated heterocycles. The number of aromatic nitrogens is 2. The second-order valence-electron chi connectivity index (χ2n) is 11.6. The number of piperazine rings is 1. The zero-order valence-electron chi connectivity index (χ0n) is 20.6. The molecule has 4 unspecified atom stereocenters. The molecule has 8 rings (SSSR count). The van der Waals surface area contributed by atoms with E-state index in [1.54, 1.807) is 11.5 Å². The Morgan fingerprint density at radius 3 is 2.42 bits per heavy atom. The van der Waals surface area contributed by atoms with Gasteiger partial charge in [-0.1, -0.05) is 25.0 Å². The first kappa shape index (κ1) is 21.4. The maximum Gasteiger partial charge on any atom is 0.197 e. The summed E-state index contributed by atoms with van der Waals surface area (Å²) in [5.74, 6) is 4.28. The summed E-state index contributed by atoms with van der Waals surface area (Å²) in [7, 11) is 0. The maximum atomic E-state index is 11.1. The lowest BCUT2D eigenvalue weighted by atomic mass is 9.76. The molecule has 3 aromatic rings. The van der Waals surface area contributed by atoms with Crippen molar-refractivity contribution < 1.29 is 10.2 Å². The molecule has 4 heterocycles. The molecule has 2 N–H and O–H groups in total. The lowest BCUT2D eigenvalue weighted by Crippen LogP contribution is -2.51. The first-order chi connectivity index (χ1) is 17.6. The van der Waals surface area contributed by atoms with Crippen molar-refractivity contribution in [2.24, 2.45) is 10.9 Å². The second kappa shape index (κ2) is 7.63. The fourth-order valence-electron chi connectivity index (χ4n) is 7.98. The number of rotatable bonds is 3. The van der Waals surface area contributed by atoms with Gasteiger partial charge in [-0.3, -0.25) is 9.56 Å². The maximum absolute atomic E-state index is 11.1. The van der Waals surface area contributed by atoms with Crippen LogP contribution in [0, 0.1) is 5.92 Å². The summed E-state index contributed by atoms with van der Waals surface area (Å²) in [6.07, 6.45) is 8.02. The van der Waals surface area contributed by atoms with Gasteiger partial charge in [-0.05, 0) is 67.6 Å². The molecule has 36 heavy (non-hydrogen) atoms. The van der Waals surface area contributed by atoms with Gasteiger partial charge in [0.1, 0.15) is 17.2 Å². The molecule has 3 aliphatic carbocycles. The van der Waals surface area contributed by atoms with Crippen molar-refractivity contribution in [1.82, 2.24) is 13.8 Å². The van der Waals surface area contributed by atoms with Gasteiger partial charge in [-0.25, -0.2) is 0 Å². The molecule has 8 heteroatoms. The Labute approximate surface area is 215 Å². The van der Waals surface area contributed by atoms with Crippen LogP contribution in [0.25, 0.3) is 10.1 Å². The van der Waals surface area contributed by atoms with E-state index < -0.39 is 0 Å². The first-order valence-corrected chi connectivity index (χ1v) is 14.5. The summed E-state index contributed by atoms with van der Waals surface area (Å²) in [6.45, 7) is 4.53. The lowest BCUT2D eigenvalue weighted by molar-refractivity contribution is 0.232. The summed E-state index contributed by atoms with van der Waals surface area (Å²) >= 11 is 1.59. The highest BCUT2D eigenvalue weighted by Crippen LogP contribution is 2.60. The number of nitrogens with zero attached hydrogens (tertiary/aromatic N) is 5. The van der Waals surface area contributed by atoms with Gasteiger partial charge in [0.05, 0.1) is 4.70 Å². The van der Waals surface area contributed by atoms with Gasteiger partial charge in [0, 0.05) is 55.2 Å². The molecule has 7 nitrogen and oxygen atoms in total. The van der Waals surface area contributed by atoms with Crippen LogP contribution in [0.5, 0.6) is 11.8 Å². The van der Waals surface area contributed by atoms with Gasteiger partial charge in [0.15, 0.2) is 11.8 Å². The molecule has 2 saturated carbocycles. The standard InChI is InChI=1S/C28H33N5O2S/c34-25-22-17-8-9-18(15-17)23(22)26(35)33(25)16-19-5-3-4-10-28(19)27(29-28)32-13-11-31(12-14-32)24-20-6-1-2-7-21(20)36-30-24/h1-2,6-7,17-19,34-35H,3-5,8-16H2. The van der Waals surface area contributed by atoms with E-state index in [1.807, 2.05) is 4.57 Å². The van der Waals surface area contributed by atoms with E-state index in [-0.39, 0.29) is 5.54 Å². The predicted molar refractivity (Wildman–Crippen MR) is 143 cm³/mol. The van der Waals surface area contributed by atoms with Crippen LogP contribution in [-0.2, 0) is 6.54 Å². The van der Waals surface area contributed by atoms with Crippen molar-refractivity contribution in [1.29, 1.82) is 0 Å². The molecule has 188 valence electrons. The molecule has 2 bridgehead atoms. The van der Waals surface area contributed by atoms with E-state index in [4.69, 9.17) is 9.37 Å². The lowest BCUT2D eigenvalue weighted by Gasteiger charge is -2.38. The van der Waals surface area contributed by atoms with Gasteiger partial charge in [-0.2, -0.15) is 4.37 Å². The van der Waals surface area contributed by atoms with Crippen molar-refractivity contribution in [2.45, 2.75) is 68.9 Å². The van der Waals surface area contributed by atoms with Gasteiger partial charge >= 0.3 is 0 Å². The summed E-state index contributed by atoms with van der Waals surface area (Å²) < 4.78 is 7.86. The van der Waals surface area contributed by atoms with Crippen LogP contribution >= 0.6 is 11.5 Å². The minimum Gasteiger partial charge on any atom is -0.494 e. The van der Waals surface area contributed by atoms with E-state index in [0.717, 1.165) is 75.2 Å². The number of fused-ring (bicyclic) bond motifs is 6. The molecule has 1 spiro atoms. The molecular weight excluding hydrogens is 470 g/mol. The predicted octanol–water partition coefficient (Wildman–Crippen LogP) is 5.04. The minimum absolute atomic E-state index is 0.0969. The van der Waals surface area contributed by atoms with Crippen molar-refractivity contribution in [2.75, 3.05) is 31.1 Å². The normalized spacial score (nSPS) is 30.9. The highest BCUT2D eigenvalue weighted by atomic mass is 32.1. The SMILES string of the molecule is Oc1c2c(c(O)n1CC1CCCCC13N=C3N1CCN(c3nsc4ccccc34)CC1)C1CCC2C1. The number of aromatic hydroxyl groups is 2. The summed E-state index contributed by atoms with van der Waals surface area (Å²) in [5, 5.41) is 23.5. The fourth-order valence-corrected chi connectivity index (χ4v) is 8.78. The van der Waals surface area contributed by atoms with E-state index in [1.165, 1.54) is 28.8 Å². The average Bonchev–Trinajstić information content (AvgIpc) is 3.33. The highest BCUT2D eigenvalue weighted by molar-refractivity contribution is 7.13. The Morgan fingerprint density at radius 1 is 0.917 bits per heavy atom. The molecule has 2 aliphatic heterocycles. The third-order valence-corrected chi connectivity index (χ3v) is 10.7. The van der Waals surface area contributed by atoms with Crippen LogP contribution in [0.3, 0.4) is 0 Å². The van der Waals surface area contributed by atoms with Crippen molar-refractivity contribution in [3.63, 3.8) is 0 Å². The topological polar surface area (TPSA) is 77.1 Å². The Kier molecular flexibility index (Phi) is 4.53. The molecule has 4 atom stereocenters. The third kappa shape index (κ3) is 2.91. The number of anilines is 1. The second-order valence-corrected chi connectivity index (χ2v) is 12.4. The summed E-state index contributed by atoms with van der Waals surface area (Å²) in [4.78, 5) is 10.1. The Bertz CT molecular complexity index is 1350. The Hall–Kier alpha value is -2.74. The van der Waals surface area contributed by atoms with Crippen LogP contribution in [0.1, 0.15) is 67.9 Å². The van der Waals surface area contributed by atoms with Crippen molar-refractivity contribution in [3.05, 3.63) is 35.4 Å². The van der Waals surface area contributed by atoms with Crippen LogP contribution in [0.2, 0.25) is 0 Å². The zero-order chi connectivity index (χ0) is 24.0. The molecule has 3 fully saturated rings. The quantitative estimate of drug-likeness (QED) is 0.524. The molecular formula is C28H33N5O2S. The Balaban J connectivity index is 0.993. The molecule has 0 amide bonds. The Morgan fingerprint density at radius 2 is 1.64 bits per heavy atom. The number of hydrogen-bond acceptors (Lipinski definition) is 7. The number of benzene rings is 1. The molecule has 0 radical (unpaired) electrons. The van der Waals surface area contributed by atoms with Crippen LogP contribution in [0.4, 0.5) is 5.82 Å². The monoisotopic (exact) mass is 503 g/mol. The van der Waals surface area contributed by atoms with Crippen LogP contribution in [0.15, 0.2) is 29.3 Å². The van der Waals surface area contributed by atoms with Crippen LogP contribution < -0.4 is 4.90 Å². The average molecular weight is 504 g/mol. The van der Waals surface area contributed by atoms with Gasteiger partial charge in [-0.15, -0.1) is 0 Å². The zero-order valence-corrected chi connectivity index (χ0v) is 21.4. The number of hydrogen-bond donors (Lipinski definition) is 2. The number of aliphatic imine (C=N–C) groups is 1. The minimum atomic E-state index is -0.0969. The molecule has 1 aromatic carbocycles. The van der Waals surface area contributed by atoms with E-state index in [2.05, 4.69) is 34.1 Å². The van der Waals surface area contributed by atoms with Crippen LogP contribution in [-0.4, -0.2) is 61.6 Å². The fraction of sp³-hybridized carbons (Fsp3) is 0.571. The smallest absolute Gasteiger partial charge is 0.197 e. The molecule has 2 aromatic heterocycles. The largest absolute Gasteiger partial charge is 0.494 e. The van der Waals surface area contributed by atoms with E-state index in [9.17, 15) is 10.2 Å². The molecule has 5 aliphatic rings. The van der Waals surface area contributed by atoms with Crippen molar-refractivity contribution in [3.8, 4) is 11.8 Å². The number of amidine groups is 1. The first-order valence-electron chi connectivity index (χ1n) is 13.7. The summed E-state index contributed by atoms with van der Waals surface area (Å²) in [5.41, 5.74) is 2.01. The van der Waals surface area contributed by atoms with Gasteiger partial charge in [0.2, 0.25) is 0 Å². The third-order valence-electron chi connectivity index (χ3n) is 9.85. The van der Waals surface area contributed by atoms with E-state index in [0.29, 0.717) is 36.1 Å². The van der Waals surface area contributed by atoms with Crippen molar-refractivity contribution >= 4 is 33.3 Å². The highest BCUT2D eigenvalue weighted by Gasteiger charge is 2.57.